The van der Waals surface area contributed by atoms with Gasteiger partial charge in [0.2, 0.25) is 0 Å². The second-order valence-electron chi connectivity index (χ2n) is 13.7. The van der Waals surface area contributed by atoms with Crippen molar-refractivity contribution in [1.29, 1.82) is 0 Å². The number of hydrogen-bond acceptors (Lipinski definition) is 6. The first-order chi connectivity index (χ1) is 24.2. The summed E-state index contributed by atoms with van der Waals surface area (Å²) in [6.07, 6.45) is 27.3. The summed E-state index contributed by atoms with van der Waals surface area (Å²) in [6, 6.07) is 19.3. The topological polar surface area (TPSA) is 86.7 Å². The first kappa shape index (κ1) is 41.6. The van der Waals surface area contributed by atoms with E-state index in [2.05, 4.69) is 13.8 Å². The molecular weight excluding hydrogens is 665 g/mol. The van der Waals surface area contributed by atoms with E-state index < -0.39 is 20.2 Å². The molecule has 0 bridgehead atoms. The quantitative estimate of drug-likeness (QED) is 0.0547. The number of hydrogen-bond donors (Lipinski definition) is 0. The average molecular weight is 727 g/mol. The maximum Gasteiger partial charge on any atom is 0.339 e. The van der Waals surface area contributed by atoms with Gasteiger partial charge in [-0.3, -0.25) is 0 Å². The van der Waals surface area contributed by atoms with Crippen LogP contribution in [0.25, 0.3) is 0 Å². The predicted octanol–water partition coefficient (Wildman–Crippen LogP) is 12.1. The lowest BCUT2D eigenvalue weighted by molar-refractivity contribution is 0.476. The van der Waals surface area contributed by atoms with Crippen LogP contribution in [0.1, 0.15) is 153 Å². The van der Waals surface area contributed by atoms with Crippen LogP contribution in [0.15, 0.2) is 82.6 Å². The lowest BCUT2D eigenvalue weighted by Crippen LogP contribution is -2.11. The van der Waals surface area contributed by atoms with Gasteiger partial charge in [0.25, 0.3) is 0 Å². The van der Waals surface area contributed by atoms with E-state index in [1.54, 1.807) is 24.3 Å². The fourth-order valence-corrected chi connectivity index (χ4v) is 8.05. The van der Waals surface area contributed by atoms with E-state index in [1.807, 2.05) is 24.3 Å². The Morgan fingerprint density at radius 3 is 1.02 bits per heavy atom. The molecule has 278 valence electrons. The molecule has 3 aromatic carbocycles. The first-order valence-electron chi connectivity index (χ1n) is 19.4. The van der Waals surface area contributed by atoms with Crippen molar-refractivity contribution in [1.82, 2.24) is 0 Å². The van der Waals surface area contributed by atoms with Gasteiger partial charge in [-0.1, -0.05) is 160 Å². The van der Waals surface area contributed by atoms with Crippen LogP contribution in [0, 0.1) is 0 Å². The van der Waals surface area contributed by atoms with E-state index in [0.717, 1.165) is 36.8 Å². The fraction of sp³-hybridized carbons (Fsp3) is 0.571. The lowest BCUT2D eigenvalue weighted by atomic mass is 10.0. The minimum Gasteiger partial charge on any atom is -0.379 e. The van der Waals surface area contributed by atoms with Gasteiger partial charge in [-0.05, 0) is 73.2 Å². The lowest BCUT2D eigenvalue weighted by Gasteiger charge is -2.11. The molecule has 6 nitrogen and oxygen atoms in total. The second kappa shape index (κ2) is 23.6. The predicted molar refractivity (Wildman–Crippen MR) is 206 cm³/mol. The minimum atomic E-state index is -4.12. The standard InChI is InChI=1S/C42H62O6S2/c1-3-5-7-9-11-13-15-17-19-21-24-37-28-32-41(33-29-37)49(43,44)47-39-26-23-27-40(36-39)48-50(45,46)42-34-30-38(31-35-42)25-22-20-18-16-14-12-10-8-6-4-2/h23,26-36H,3-22,24-25H2,1-2H3. The van der Waals surface area contributed by atoms with Gasteiger partial charge >= 0.3 is 20.2 Å². The molecule has 0 atom stereocenters. The molecule has 0 N–H and O–H groups in total. The van der Waals surface area contributed by atoms with Crippen LogP contribution >= 0.6 is 0 Å². The SMILES string of the molecule is CCCCCCCCCCCCc1ccc(S(=O)(=O)Oc2cccc(OS(=O)(=O)c3ccc(CCCCCCCCCCCC)cc3)c2)cc1. The molecule has 0 aromatic heterocycles. The van der Waals surface area contributed by atoms with Gasteiger partial charge in [0.1, 0.15) is 21.3 Å². The molecule has 0 unspecified atom stereocenters. The number of aryl methyl sites for hydroxylation is 2. The van der Waals surface area contributed by atoms with Crippen LogP contribution in [0.3, 0.4) is 0 Å². The van der Waals surface area contributed by atoms with Crippen molar-refractivity contribution in [3.8, 4) is 11.5 Å². The third kappa shape index (κ3) is 16.5. The molecule has 0 saturated heterocycles. The second-order valence-corrected chi connectivity index (χ2v) is 16.8. The maximum absolute atomic E-state index is 13.0. The van der Waals surface area contributed by atoms with E-state index in [1.165, 1.54) is 140 Å². The summed E-state index contributed by atoms with van der Waals surface area (Å²) in [4.78, 5) is 0.0855. The van der Waals surface area contributed by atoms with E-state index in [-0.39, 0.29) is 21.3 Å². The van der Waals surface area contributed by atoms with Crippen LogP contribution < -0.4 is 8.37 Å². The van der Waals surface area contributed by atoms with Crippen molar-refractivity contribution < 1.29 is 25.2 Å². The van der Waals surface area contributed by atoms with Gasteiger partial charge in [0.15, 0.2) is 0 Å². The highest BCUT2D eigenvalue weighted by Crippen LogP contribution is 2.27. The van der Waals surface area contributed by atoms with Gasteiger partial charge in [-0.15, -0.1) is 0 Å². The molecule has 3 rings (SSSR count). The van der Waals surface area contributed by atoms with Crippen molar-refractivity contribution in [3.05, 3.63) is 83.9 Å². The molecular formula is C42H62O6S2. The molecule has 0 spiro atoms. The molecule has 8 heteroatoms. The smallest absolute Gasteiger partial charge is 0.339 e. The summed E-state index contributed by atoms with van der Waals surface area (Å²) in [7, 11) is -8.23. The molecule has 0 aliphatic carbocycles. The normalized spacial score (nSPS) is 11.9. The van der Waals surface area contributed by atoms with Gasteiger partial charge in [0, 0.05) is 6.07 Å². The summed E-state index contributed by atoms with van der Waals surface area (Å²) >= 11 is 0. The summed E-state index contributed by atoms with van der Waals surface area (Å²) in [5.74, 6) is -0.0574. The van der Waals surface area contributed by atoms with Gasteiger partial charge < -0.3 is 8.37 Å². The Labute approximate surface area is 304 Å². The van der Waals surface area contributed by atoms with Crippen molar-refractivity contribution in [2.45, 2.75) is 165 Å². The van der Waals surface area contributed by atoms with Crippen molar-refractivity contribution in [2.75, 3.05) is 0 Å². The Hall–Kier alpha value is -2.84. The minimum absolute atomic E-state index is 0.0287. The monoisotopic (exact) mass is 726 g/mol. The largest absolute Gasteiger partial charge is 0.379 e. The van der Waals surface area contributed by atoms with Crippen molar-refractivity contribution >= 4 is 20.2 Å². The molecule has 0 radical (unpaired) electrons. The van der Waals surface area contributed by atoms with E-state index in [4.69, 9.17) is 8.37 Å². The molecule has 0 heterocycles. The van der Waals surface area contributed by atoms with E-state index in [9.17, 15) is 16.8 Å². The molecule has 0 saturated carbocycles. The van der Waals surface area contributed by atoms with Crippen molar-refractivity contribution in [3.63, 3.8) is 0 Å². The average Bonchev–Trinajstić information content (AvgIpc) is 3.10. The molecule has 0 aliphatic rings. The Morgan fingerprint density at radius 2 is 0.700 bits per heavy atom. The molecule has 0 amide bonds. The molecule has 0 fully saturated rings. The van der Waals surface area contributed by atoms with Gasteiger partial charge in [0.05, 0.1) is 0 Å². The van der Waals surface area contributed by atoms with E-state index >= 15 is 0 Å². The highest BCUT2D eigenvalue weighted by molar-refractivity contribution is 7.87. The third-order valence-electron chi connectivity index (χ3n) is 9.28. The van der Waals surface area contributed by atoms with Crippen LogP contribution in [-0.4, -0.2) is 16.8 Å². The summed E-state index contributed by atoms with van der Waals surface area (Å²) in [5.41, 5.74) is 2.19. The highest BCUT2D eigenvalue weighted by atomic mass is 32.2. The third-order valence-corrected chi connectivity index (χ3v) is 11.8. The number of benzene rings is 3. The number of rotatable bonds is 28. The Morgan fingerprint density at radius 1 is 0.400 bits per heavy atom. The Kier molecular flexibility index (Phi) is 19.6. The Bertz CT molecular complexity index is 1430. The molecule has 3 aromatic rings. The van der Waals surface area contributed by atoms with E-state index in [0.29, 0.717) is 0 Å². The van der Waals surface area contributed by atoms with Gasteiger partial charge in [-0.2, -0.15) is 16.8 Å². The van der Waals surface area contributed by atoms with Crippen LogP contribution in [0.5, 0.6) is 11.5 Å². The van der Waals surface area contributed by atoms with Crippen LogP contribution in [0.2, 0.25) is 0 Å². The first-order valence-corrected chi connectivity index (χ1v) is 22.2. The van der Waals surface area contributed by atoms with Crippen LogP contribution in [-0.2, 0) is 33.1 Å². The molecule has 0 aliphatic heterocycles. The zero-order valence-electron chi connectivity index (χ0n) is 30.8. The summed E-state index contributed by atoms with van der Waals surface area (Å²) in [6.45, 7) is 4.49. The summed E-state index contributed by atoms with van der Waals surface area (Å²) < 4.78 is 62.8. The van der Waals surface area contributed by atoms with Gasteiger partial charge in [-0.25, -0.2) is 0 Å². The fourth-order valence-electron chi connectivity index (χ4n) is 6.21. The zero-order chi connectivity index (χ0) is 35.9. The maximum atomic E-state index is 13.0. The van der Waals surface area contributed by atoms with Crippen molar-refractivity contribution in [2.24, 2.45) is 0 Å². The number of unbranched alkanes of at least 4 members (excludes halogenated alkanes) is 18. The highest BCUT2D eigenvalue weighted by Gasteiger charge is 2.20. The zero-order valence-corrected chi connectivity index (χ0v) is 32.4. The van der Waals surface area contributed by atoms with Crippen LogP contribution in [0.4, 0.5) is 0 Å². The summed E-state index contributed by atoms with van der Waals surface area (Å²) in [5, 5.41) is 0. The Balaban J connectivity index is 1.41. The molecule has 50 heavy (non-hydrogen) atoms.